The molecule has 0 aliphatic carbocycles. The Morgan fingerprint density at radius 2 is 1.80 bits per heavy atom. The SMILES string of the molecule is CN(C)C(C(=O)NCc1cccc(C(F)(F)F)c1)c1cccc(F)c1. The molecular weight excluding hydrogens is 336 g/mol. The lowest BCUT2D eigenvalue weighted by Crippen LogP contribution is -2.36. The first-order valence-corrected chi connectivity index (χ1v) is 7.54. The van der Waals surface area contributed by atoms with Crippen molar-refractivity contribution in [3.8, 4) is 0 Å². The van der Waals surface area contributed by atoms with E-state index in [4.69, 9.17) is 0 Å². The standard InChI is InChI=1S/C18H18F4N2O/c1-24(2)16(13-6-4-8-15(19)10-13)17(25)23-11-12-5-3-7-14(9-12)18(20,21)22/h3-10,16H,11H2,1-2H3,(H,23,25). The molecule has 1 unspecified atom stereocenters. The van der Waals surface area contributed by atoms with Gasteiger partial charge in [-0.2, -0.15) is 13.2 Å². The summed E-state index contributed by atoms with van der Waals surface area (Å²) in [7, 11) is 3.33. The number of rotatable bonds is 5. The van der Waals surface area contributed by atoms with Gasteiger partial charge in [-0.05, 0) is 49.5 Å². The maximum absolute atomic E-state index is 13.4. The molecule has 0 bridgehead atoms. The van der Waals surface area contributed by atoms with Gasteiger partial charge >= 0.3 is 6.18 Å². The minimum Gasteiger partial charge on any atom is -0.350 e. The Morgan fingerprint density at radius 3 is 2.40 bits per heavy atom. The van der Waals surface area contributed by atoms with Crippen LogP contribution in [-0.4, -0.2) is 24.9 Å². The van der Waals surface area contributed by atoms with Gasteiger partial charge in [0.1, 0.15) is 11.9 Å². The van der Waals surface area contributed by atoms with Crippen molar-refractivity contribution in [1.29, 1.82) is 0 Å². The third-order valence-electron chi connectivity index (χ3n) is 3.65. The lowest BCUT2D eigenvalue weighted by atomic mass is 10.0. The summed E-state index contributed by atoms with van der Waals surface area (Å²) in [5, 5.41) is 2.61. The van der Waals surface area contributed by atoms with Gasteiger partial charge in [-0.3, -0.25) is 9.69 Å². The first kappa shape index (κ1) is 18.9. The number of likely N-dealkylation sites (N-methyl/N-ethyl adjacent to an activating group) is 1. The minimum atomic E-state index is -4.44. The predicted octanol–water partition coefficient (Wildman–Crippen LogP) is 3.76. The van der Waals surface area contributed by atoms with Gasteiger partial charge in [-0.1, -0.05) is 24.3 Å². The monoisotopic (exact) mass is 354 g/mol. The molecule has 3 nitrogen and oxygen atoms in total. The number of carbonyl (C=O) groups excluding carboxylic acids is 1. The Morgan fingerprint density at radius 1 is 1.12 bits per heavy atom. The van der Waals surface area contributed by atoms with E-state index in [1.807, 2.05) is 0 Å². The number of alkyl halides is 3. The van der Waals surface area contributed by atoms with Gasteiger partial charge in [0.15, 0.2) is 0 Å². The zero-order chi connectivity index (χ0) is 18.6. The lowest BCUT2D eigenvalue weighted by Gasteiger charge is -2.24. The van der Waals surface area contributed by atoms with Crippen molar-refractivity contribution in [1.82, 2.24) is 10.2 Å². The molecule has 0 aromatic heterocycles. The number of nitrogens with zero attached hydrogens (tertiary/aromatic N) is 1. The van der Waals surface area contributed by atoms with Crippen molar-refractivity contribution in [2.24, 2.45) is 0 Å². The summed E-state index contributed by atoms with van der Waals surface area (Å²) >= 11 is 0. The van der Waals surface area contributed by atoms with Gasteiger partial charge in [-0.15, -0.1) is 0 Å². The molecule has 2 aromatic rings. The van der Waals surface area contributed by atoms with Crippen LogP contribution in [0, 0.1) is 5.82 Å². The van der Waals surface area contributed by atoms with Crippen LogP contribution >= 0.6 is 0 Å². The molecule has 1 atom stereocenters. The zero-order valence-corrected chi connectivity index (χ0v) is 13.8. The molecule has 0 heterocycles. The number of halogens is 4. The second-order valence-corrected chi connectivity index (χ2v) is 5.84. The van der Waals surface area contributed by atoms with E-state index in [9.17, 15) is 22.4 Å². The van der Waals surface area contributed by atoms with Gasteiger partial charge < -0.3 is 5.32 Å². The van der Waals surface area contributed by atoms with Crippen LogP contribution in [-0.2, 0) is 17.5 Å². The molecule has 2 rings (SSSR count). The first-order valence-electron chi connectivity index (χ1n) is 7.54. The second kappa shape index (κ2) is 7.65. The summed E-state index contributed by atoms with van der Waals surface area (Å²) < 4.78 is 51.6. The minimum absolute atomic E-state index is 0.0532. The molecular formula is C18H18F4N2O. The van der Waals surface area contributed by atoms with Gasteiger partial charge in [-0.25, -0.2) is 4.39 Å². The summed E-state index contributed by atoms with van der Waals surface area (Å²) in [6, 6.07) is 9.67. The highest BCUT2D eigenvalue weighted by Crippen LogP contribution is 2.29. The summed E-state index contributed by atoms with van der Waals surface area (Å²) in [4.78, 5) is 14.1. The van der Waals surface area contributed by atoms with Crippen LogP contribution < -0.4 is 5.32 Å². The Bertz CT molecular complexity index is 744. The Kier molecular flexibility index (Phi) is 5.79. The average molecular weight is 354 g/mol. The molecule has 0 spiro atoms. The van der Waals surface area contributed by atoms with E-state index < -0.39 is 29.5 Å². The third kappa shape index (κ3) is 5.03. The number of amides is 1. The maximum Gasteiger partial charge on any atom is 0.416 e. The molecule has 25 heavy (non-hydrogen) atoms. The third-order valence-corrected chi connectivity index (χ3v) is 3.65. The van der Waals surface area contributed by atoms with Crippen LogP contribution in [0.1, 0.15) is 22.7 Å². The van der Waals surface area contributed by atoms with Crippen LogP contribution in [0.2, 0.25) is 0 Å². The quantitative estimate of drug-likeness (QED) is 0.829. The van der Waals surface area contributed by atoms with Gasteiger partial charge in [0.2, 0.25) is 5.91 Å². The highest BCUT2D eigenvalue weighted by Gasteiger charge is 2.30. The molecule has 0 fully saturated rings. The van der Waals surface area contributed by atoms with E-state index >= 15 is 0 Å². The summed E-state index contributed by atoms with van der Waals surface area (Å²) in [6.45, 7) is -0.0532. The fourth-order valence-electron chi connectivity index (χ4n) is 2.50. The number of carbonyl (C=O) groups is 1. The molecule has 0 aliphatic rings. The maximum atomic E-state index is 13.4. The molecule has 0 radical (unpaired) electrons. The molecule has 1 N–H and O–H groups in total. The number of benzene rings is 2. The highest BCUT2D eigenvalue weighted by molar-refractivity contribution is 5.83. The van der Waals surface area contributed by atoms with E-state index in [1.54, 1.807) is 25.1 Å². The van der Waals surface area contributed by atoms with Crippen LogP contribution in [0.4, 0.5) is 17.6 Å². The molecule has 0 saturated heterocycles. The molecule has 7 heteroatoms. The molecule has 134 valence electrons. The van der Waals surface area contributed by atoms with Gasteiger partial charge in [0.25, 0.3) is 0 Å². The van der Waals surface area contributed by atoms with Crippen molar-refractivity contribution in [3.05, 3.63) is 71.0 Å². The lowest BCUT2D eigenvalue weighted by molar-refractivity contribution is -0.137. The summed E-state index contributed by atoms with van der Waals surface area (Å²) in [6.07, 6.45) is -4.44. The van der Waals surface area contributed by atoms with Crippen molar-refractivity contribution >= 4 is 5.91 Å². The van der Waals surface area contributed by atoms with E-state index in [0.29, 0.717) is 11.1 Å². The van der Waals surface area contributed by atoms with Crippen molar-refractivity contribution in [2.75, 3.05) is 14.1 Å². The normalized spacial score (nSPS) is 12.9. The van der Waals surface area contributed by atoms with Crippen molar-refractivity contribution in [3.63, 3.8) is 0 Å². The largest absolute Gasteiger partial charge is 0.416 e. The average Bonchev–Trinajstić information content (AvgIpc) is 2.52. The van der Waals surface area contributed by atoms with E-state index in [0.717, 1.165) is 12.1 Å². The van der Waals surface area contributed by atoms with Crippen molar-refractivity contribution in [2.45, 2.75) is 18.8 Å². The number of hydrogen-bond donors (Lipinski definition) is 1. The first-order chi connectivity index (χ1) is 11.7. The molecule has 0 saturated carbocycles. The summed E-state index contributed by atoms with van der Waals surface area (Å²) in [5.41, 5.74) is 0.0278. The van der Waals surface area contributed by atoms with Crippen LogP contribution in [0.5, 0.6) is 0 Å². The van der Waals surface area contributed by atoms with E-state index in [-0.39, 0.29) is 6.54 Å². The molecule has 0 aliphatic heterocycles. The predicted molar refractivity (Wildman–Crippen MR) is 86.1 cm³/mol. The number of hydrogen-bond acceptors (Lipinski definition) is 2. The second-order valence-electron chi connectivity index (χ2n) is 5.84. The molecule has 2 aromatic carbocycles. The van der Waals surface area contributed by atoms with E-state index in [2.05, 4.69) is 5.32 Å². The van der Waals surface area contributed by atoms with Crippen molar-refractivity contribution < 1.29 is 22.4 Å². The fourth-order valence-corrected chi connectivity index (χ4v) is 2.50. The summed E-state index contributed by atoms with van der Waals surface area (Å²) in [5.74, 6) is -0.886. The van der Waals surface area contributed by atoms with Gasteiger partial charge in [0.05, 0.1) is 5.56 Å². The smallest absolute Gasteiger partial charge is 0.350 e. The highest BCUT2D eigenvalue weighted by atomic mass is 19.4. The Labute approximate surface area is 143 Å². The Hall–Kier alpha value is -2.41. The fraction of sp³-hybridized carbons (Fsp3) is 0.278. The molecule has 1 amide bonds. The van der Waals surface area contributed by atoms with Crippen LogP contribution in [0.3, 0.4) is 0 Å². The van der Waals surface area contributed by atoms with E-state index in [1.165, 1.54) is 30.3 Å². The Balaban J connectivity index is 2.12. The van der Waals surface area contributed by atoms with Crippen LogP contribution in [0.25, 0.3) is 0 Å². The van der Waals surface area contributed by atoms with Gasteiger partial charge in [0, 0.05) is 6.54 Å². The van der Waals surface area contributed by atoms with Crippen LogP contribution in [0.15, 0.2) is 48.5 Å². The number of nitrogens with one attached hydrogen (secondary N) is 1. The topological polar surface area (TPSA) is 32.3 Å². The zero-order valence-electron chi connectivity index (χ0n) is 13.8.